The van der Waals surface area contributed by atoms with Crippen LogP contribution in [-0.4, -0.2) is 36.1 Å². The van der Waals surface area contributed by atoms with E-state index in [9.17, 15) is 14.4 Å². The number of carbonyl (C=O) groups is 3. The highest BCUT2D eigenvalue weighted by Crippen LogP contribution is 2.09. The second kappa shape index (κ2) is 7.43. The van der Waals surface area contributed by atoms with Gasteiger partial charge in [0, 0.05) is 12.2 Å². The molecule has 0 spiro atoms. The molecule has 0 aliphatic carbocycles. The molecule has 0 saturated heterocycles. The number of methoxy groups -OCH3 is 1. The van der Waals surface area contributed by atoms with E-state index in [0.29, 0.717) is 12.5 Å². The van der Waals surface area contributed by atoms with Crippen LogP contribution in [0.25, 0.3) is 0 Å². The summed E-state index contributed by atoms with van der Waals surface area (Å²) in [5, 5.41) is 10.8. The summed E-state index contributed by atoms with van der Waals surface area (Å²) in [5.74, 6) is -2.50. The molecular formula is C11H17NO5. The van der Waals surface area contributed by atoms with E-state index in [1.165, 1.54) is 7.11 Å². The number of carboxylic acids is 1. The van der Waals surface area contributed by atoms with Gasteiger partial charge in [0.2, 0.25) is 5.91 Å². The molecule has 0 aliphatic rings. The van der Waals surface area contributed by atoms with Gasteiger partial charge < -0.3 is 15.2 Å². The summed E-state index contributed by atoms with van der Waals surface area (Å²) in [6.45, 7) is 3.67. The summed E-state index contributed by atoms with van der Waals surface area (Å²) < 4.78 is 4.57. The Bertz CT molecular complexity index is 324. The van der Waals surface area contributed by atoms with Crippen molar-refractivity contribution in [1.29, 1.82) is 0 Å². The van der Waals surface area contributed by atoms with Gasteiger partial charge in [-0.2, -0.15) is 0 Å². The van der Waals surface area contributed by atoms with Crippen LogP contribution in [-0.2, 0) is 19.1 Å². The Kier molecular flexibility index (Phi) is 6.62. The molecule has 0 saturated carbocycles. The van der Waals surface area contributed by atoms with Gasteiger partial charge >= 0.3 is 11.9 Å². The van der Waals surface area contributed by atoms with Gasteiger partial charge in [-0.05, 0) is 5.92 Å². The quantitative estimate of drug-likeness (QED) is 0.518. The Labute approximate surface area is 99.6 Å². The summed E-state index contributed by atoms with van der Waals surface area (Å²) in [6, 6.07) is -0.768. The van der Waals surface area contributed by atoms with Crippen LogP contribution >= 0.6 is 0 Å². The number of aliphatic carboxylic acids is 1. The van der Waals surface area contributed by atoms with Crippen LogP contribution in [0.2, 0.25) is 0 Å². The first-order valence-electron chi connectivity index (χ1n) is 5.21. The van der Waals surface area contributed by atoms with Crippen molar-refractivity contribution in [3.05, 3.63) is 12.2 Å². The summed E-state index contributed by atoms with van der Waals surface area (Å²) in [6.07, 6.45) is 2.25. The number of rotatable bonds is 6. The SMILES string of the molecule is CCC(C)C(NC(=O)/C=C/C(=O)O)C(=O)OC. The maximum atomic E-state index is 11.4. The van der Waals surface area contributed by atoms with Crippen LogP contribution in [0.1, 0.15) is 20.3 Å². The van der Waals surface area contributed by atoms with Crippen molar-refractivity contribution in [3.63, 3.8) is 0 Å². The van der Waals surface area contributed by atoms with Gasteiger partial charge in [0.05, 0.1) is 7.11 Å². The van der Waals surface area contributed by atoms with E-state index in [-0.39, 0.29) is 5.92 Å². The van der Waals surface area contributed by atoms with Gasteiger partial charge in [-0.1, -0.05) is 20.3 Å². The zero-order valence-corrected chi connectivity index (χ0v) is 10.1. The largest absolute Gasteiger partial charge is 0.478 e. The minimum atomic E-state index is -1.22. The van der Waals surface area contributed by atoms with Crippen molar-refractivity contribution in [1.82, 2.24) is 5.32 Å². The lowest BCUT2D eigenvalue weighted by molar-refractivity contribution is -0.146. The fraction of sp³-hybridized carbons (Fsp3) is 0.545. The van der Waals surface area contributed by atoms with Crippen LogP contribution in [0.3, 0.4) is 0 Å². The van der Waals surface area contributed by atoms with Gasteiger partial charge in [-0.15, -0.1) is 0 Å². The lowest BCUT2D eigenvalue weighted by Crippen LogP contribution is -2.45. The van der Waals surface area contributed by atoms with Crippen molar-refractivity contribution in [3.8, 4) is 0 Å². The zero-order chi connectivity index (χ0) is 13.4. The first-order chi connectivity index (χ1) is 7.92. The van der Waals surface area contributed by atoms with Crippen LogP contribution in [0.5, 0.6) is 0 Å². The van der Waals surface area contributed by atoms with Gasteiger partial charge in [0.25, 0.3) is 0 Å². The average molecular weight is 243 g/mol. The van der Waals surface area contributed by atoms with E-state index < -0.39 is 23.9 Å². The van der Waals surface area contributed by atoms with Crippen LogP contribution in [0.15, 0.2) is 12.2 Å². The minimum Gasteiger partial charge on any atom is -0.478 e. The number of hydrogen-bond acceptors (Lipinski definition) is 4. The summed E-state index contributed by atoms with van der Waals surface area (Å²) in [5.41, 5.74) is 0. The molecule has 17 heavy (non-hydrogen) atoms. The van der Waals surface area contributed by atoms with Gasteiger partial charge in [-0.25, -0.2) is 9.59 Å². The van der Waals surface area contributed by atoms with Crippen LogP contribution < -0.4 is 5.32 Å². The highest BCUT2D eigenvalue weighted by atomic mass is 16.5. The Morgan fingerprint density at radius 1 is 1.35 bits per heavy atom. The number of nitrogens with one attached hydrogen (secondary N) is 1. The minimum absolute atomic E-state index is 0.0929. The number of esters is 1. The first-order valence-corrected chi connectivity index (χ1v) is 5.21. The zero-order valence-electron chi connectivity index (χ0n) is 10.1. The number of hydrogen-bond donors (Lipinski definition) is 2. The molecule has 1 amide bonds. The molecule has 0 aromatic rings. The molecule has 0 fully saturated rings. The molecule has 6 nitrogen and oxygen atoms in total. The molecule has 0 rings (SSSR count). The van der Waals surface area contributed by atoms with Gasteiger partial charge in [0.1, 0.15) is 6.04 Å². The first kappa shape index (κ1) is 15.2. The Hall–Kier alpha value is -1.85. The fourth-order valence-corrected chi connectivity index (χ4v) is 1.14. The fourth-order valence-electron chi connectivity index (χ4n) is 1.14. The molecule has 0 aromatic heterocycles. The Morgan fingerprint density at radius 3 is 2.35 bits per heavy atom. The van der Waals surface area contributed by atoms with E-state index in [0.717, 1.165) is 6.08 Å². The normalized spacial score (nSPS) is 14.1. The van der Waals surface area contributed by atoms with E-state index >= 15 is 0 Å². The Balaban J connectivity index is 4.59. The van der Waals surface area contributed by atoms with Crippen molar-refractivity contribution in [2.45, 2.75) is 26.3 Å². The lowest BCUT2D eigenvalue weighted by atomic mass is 9.99. The second-order valence-electron chi connectivity index (χ2n) is 3.57. The van der Waals surface area contributed by atoms with E-state index in [4.69, 9.17) is 5.11 Å². The van der Waals surface area contributed by atoms with Crippen molar-refractivity contribution in [2.24, 2.45) is 5.92 Å². The van der Waals surface area contributed by atoms with Crippen molar-refractivity contribution < 1.29 is 24.2 Å². The molecule has 2 unspecified atom stereocenters. The predicted octanol–water partition coefficient (Wildman–Crippen LogP) is 0.331. The van der Waals surface area contributed by atoms with E-state index in [2.05, 4.69) is 10.1 Å². The molecule has 6 heteroatoms. The van der Waals surface area contributed by atoms with E-state index in [1.807, 2.05) is 6.92 Å². The smallest absolute Gasteiger partial charge is 0.328 e. The van der Waals surface area contributed by atoms with Gasteiger partial charge in [-0.3, -0.25) is 4.79 Å². The standard InChI is InChI=1S/C11H17NO5/c1-4-7(2)10(11(16)17-3)12-8(13)5-6-9(14)15/h5-7,10H,4H2,1-3H3,(H,12,13)(H,14,15)/b6-5+. The molecule has 2 atom stereocenters. The topological polar surface area (TPSA) is 92.7 Å². The monoisotopic (exact) mass is 243 g/mol. The predicted molar refractivity (Wildman–Crippen MR) is 60.2 cm³/mol. The molecule has 0 bridgehead atoms. The molecule has 2 N–H and O–H groups in total. The summed E-state index contributed by atoms with van der Waals surface area (Å²) in [7, 11) is 1.23. The maximum absolute atomic E-state index is 11.4. The third-order valence-corrected chi connectivity index (χ3v) is 2.34. The number of carboxylic acid groups (broad SMARTS) is 1. The highest BCUT2D eigenvalue weighted by Gasteiger charge is 2.25. The summed E-state index contributed by atoms with van der Waals surface area (Å²) in [4.78, 5) is 32.9. The molecule has 96 valence electrons. The lowest BCUT2D eigenvalue weighted by Gasteiger charge is -2.20. The number of ether oxygens (including phenoxy) is 1. The van der Waals surface area contributed by atoms with Crippen LogP contribution in [0.4, 0.5) is 0 Å². The third-order valence-electron chi connectivity index (χ3n) is 2.34. The maximum Gasteiger partial charge on any atom is 0.328 e. The second-order valence-corrected chi connectivity index (χ2v) is 3.57. The van der Waals surface area contributed by atoms with Crippen molar-refractivity contribution in [2.75, 3.05) is 7.11 Å². The highest BCUT2D eigenvalue weighted by molar-refractivity contribution is 5.95. The van der Waals surface area contributed by atoms with Crippen molar-refractivity contribution >= 4 is 17.8 Å². The van der Waals surface area contributed by atoms with E-state index in [1.54, 1.807) is 6.92 Å². The summed E-state index contributed by atoms with van der Waals surface area (Å²) >= 11 is 0. The Morgan fingerprint density at radius 2 is 1.94 bits per heavy atom. The third kappa shape index (κ3) is 5.70. The molecule has 0 aliphatic heterocycles. The average Bonchev–Trinajstić information content (AvgIpc) is 2.31. The number of carbonyl (C=O) groups excluding carboxylic acids is 2. The molecule has 0 aromatic carbocycles. The molecule has 0 radical (unpaired) electrons. The molecular weight excluding hydrogens is 226 g/mol. The van der Waals surface area contributed by atoms with Crippen LogP contribution in [0, 0.1) is 5.92 Å². The molecule has 0 heterocycles. The van der Waals surface area contributed by atoms with Gasteiger partial charge in [0.15, 0.2) is 0 Å². The number of amides is 1.